The quantitative estimate of drug-likeness (QED) is 0.124. The zero-order valence-electron chi connectivity index (χ0n) is 24.1. The Morgan fingerprint density at radius 3 is 1.85 bits per heavy atom. The molecular formula is C29H51N5O5. The minimum atomic E-state index is -0.721. The fourth-order valence-corrected chi connectivity index (χ4v) is 5.10. The van der Waals surface area contributed by atoms with Gasteiger partial charge < -0.3 is 24.9 Å². The molecule has 1 aliphatic heterocycles. The van der Waals surface area contributed by atoms with Crippen LogP contribution in [0.4, 0.5) is 5.82 Å². The summed E-state index contributed by atoms with van der Waals surface area (Å²) in [6.45, 7) is 7.70. The number of amides is 1. The second-order valence-corrected chi connectivity index (χ2v) is 10.7. The number of aromatic nitrogens is 1. The topological polar surface area (TPSA) is 116 Å². The molecule has 1 unspecified atom stereocenters. The van der Waals surface area contributed by atoms with Crippen molar-refractivity contribution in [2.24, 2.45) is 0 Å². The summed E-state index contributed by atoms with van der Waals surface area (Å²) in [5.74, 6) is 0.467. The van der Waals surface area contributed by atoms with E-state index in [2.05, 4.69) is 26.5 Å². The van der Waals surface area contributed by atoms with E-state index in [1.165, 1.54) is 57.8 Å². The van der Waals surface area contributed by atoms with E-state index < -0.39 is 11.0 Å². The molecule has 0 aromatic carbocycles. The van der Waals surface area contributed by atoms with Crippen molar-refractivity contribution in [3.05, 3.63) is 39.2 Å². The van der Waals surface area contributed by atoms with Gasteiger partial charge in [-0.3, -0.25) is 0 Å². The van der Waals surface area contributed by atoms with Crippen molar-refractivity contribution >= 4 is 11.7 Å². The van der Waals surface area contributed by atoms with Crippen LogP contribution in [0.1, 0.15) is 114 Å². The summed E-state index contributed by atoms with van der Waals surface area (Å²) in [5, 5.41) is 21.4. The van der Waals surface area contributed by atoms with E-state index in [-0.39, 0.29) is 11.7 Å². The summed E-state index contributed by atoms with van der Waals surface area (Å²) in [6.07, 6.45) is 18.6. The van der Waals surface area contributed by atoms with Crippen molar-refractivity contribution in [2.75, 3.05) is 50.8 Å². The van der Waals surface area contributed by atoms with E-state index in [4.69, 9.17) is 0 Å². The molecule has 0 spiro atoms. The van der Waals surface area contributed by atoms with Gasteiger partial charge in [0.25, 0.3) is 5.09 Å². The molecule has 1 atom stereocenters. The summed E-state index contributed by atoms with van der Waals surface area (Å²) >= 11 is 0. The molecule has 1 aliphatic rings. The van der Waals surface area contributed by atoms with E-state index in [9.17, 15) is 20.1 Å². The monoisotopic (exact) mass is 549 g/mol. The second-order valence-electron chi connectivity index (χ2n) is 10.7. The second kappa shape index (κ2) is 20.6. The van der Waals surface area contributed by atoms with Crippen LogP contribution in [0.5, 0.6) is 0 Å². The van der Waals surface area contributed by atoms with Crippen molar-refractivity contribution < 1.29 is 19.8 Å². The van der Waals surface area contributed by atoms with Crippen molar-refractivity contribution in [1.29, 1.82) is 0 Å². The zero-order chi connectivity index (χ0) is 28.1. The minimum Gasteiger partial charge on any atom is -0.626 e. The lowest BCUT2D eigenvalue weighted by Gasteiger charge is -2.34. The highest BCUT2D eigenvalue weighted by molar-refractivity contribution is 5.87. The molecule has 1 aromatic heterocycles. The number of likely N-dealkylation sites (N-methyl/N-ethyl adjacent to an activating group) is 1. The first-order valence-corrected chi connectivity index (χ1v) is 15.3. The van der Waals surface area contributed by atoms with Crippen LogP contribution >= 0.6 is 0 Å². The Balaban J connectivity index is 1.40. The Bertz CT molecular complexity index is 787. The predicted octanol–water partition coefficient (Wildman–Crippen LogP) is 4.81. The van der Waals surface area contributed by atoms with E-state index >= 15 is 0 Å². The number of carbonyl (C=O) groups is 1. The summed E-state index contributed by atoms with van der Waals surface area (Å²) < 4.78 is 0. The van der Waals surface area contributed by atoms with Crippen LogP contribution in [0.2, 0.25) is 0 Å². The summed E-state index contributed by atoms with van der Waals surface area (Å²) in [7, 11) is 0. The Hall–Kier alpha value is -2.30. The van der Waals surface area contributed by atoms with Crippen LogP contribution in [-0.4, -0.2) is 66.8 Å². The van der Waals surface area contributed by atoms with E-state index in [0.29, 0.717) is 12.1 Å². The number of nitrogens with zero attached hydrogens (tertiary/aromatic N) is 4. The normalized spacial score (nSPS) is 14.9. The molecule has 0 aliphatic carbocycles. The first-order valence-electron chi connectivity index (χ1n) is 15.3. The Morgan fingerprint density at radius 1 is 0.872 bits per heavy atom. The summed E-state index contributed by atoms with van der Waals surface area (Å²) in [5.41, 5.74) is 0.399. The number of anilines is 1. The molecule has 2 heterocycles. The van der Waals surface area contributed by atoms with Gasteiger partial charge in [-0.15, -0.1) is 10.1 Å². The zero-order valence-corrected chi connectivity index (χ0v) is 24.1. The van der Waals surface area contributed by atoms with Gasteiger partial charge in [-0.2, -0.15) is 0 Å². The number of hydrogen-bond donors (Lipinski definition) is 1. The number of rotatable bonds is 22. The molecular weight excluding hydrogens is 498 g/mol. The number of hydroxylamine groups is 2. The Labute approximate surface area is 234 Å². The molecule has 0 radical (unpaired) electrons. The fraction of sp³-hybridized carbons (Fsp3) is 0.793. The average Bonchev–Trinajstić information content (AvgIpc) is 2.96. The number of piperazine rings is 1. The van der Waals surface area contributed by atoms with Gasteiger partial charge in [-0.05, 0) is 37.9 Å². The number of nitrogens with one attached hydrogen (secondary N) is 1. The molecule has 1 aromatic rings. The molecule has 10 nitrogen and oxygen atoms in total. The lowest BCUT2D eigenvalue weighted by molar-refractivity contribution is -0.757. The Morgan fingerprint density at radius 2 is 1.38 bits per heavy atom. The van der Waals surface area contributed by atoms with Crippen molar-refractivity contribution in [3.8, 4) is 0 Å². The van der Waals surface area contributed by atoms with Gasteiger partial charge in [0.2, 0.25) is 0 Å². The third-order valence-electron chi connectivity index (χ3n) is 7.65. The Kier molecular flexibility index (Phi) is 17.4. The molecule has 1 fully saturated rings. The number of carbonyl (C=O) groups excluding carboxylic acids is 1. The first-order chi connectivity index (χ1) is 19.0. The molecule has 10 heteroatoms. The maximum atomic E-state index is 12.5. The fourth-order valence-electron chi connectivity index (χ4n) is 5.10. The van der Waals surface area contributed by atoms with Crippen LogP contribution in [0, 0.1) is 15.3 Å². The number of pyridine rings is 1. The predicted molar refractivity (Wildman–Crippen MR) is 154 cm³/mol. The van der Waals surface area contributed by atoms with Crippen LogP contribution in [0.3, 0.4) is 0 Å². The third kappa shape index (κ3) is 14.6. The lowest BCUT2D eigenvalue weighted by Crippen LogP contribution is -3.10. The van der Waals surface area contributed by atoms with Crippen molar-refractivity contribution in [1.82, 2.24) is 9.88 Å². The van der Waals surface area contributed by atoms with Gasteiger partial charge in [0.1, 0.15) is 5.82 Å². The molecule has 39 heavy (non-hydrogen) atoms. The van der Waals surface area contributed by atoms with Crippen LogP contribution < -0.4 is 9.96 Å². The van der Waals surface area contributed by atoms with Crippen LogP contribution in [0.25, 0.3) is 0 Å². The van der Waals surface area contributed by atoms with Crippen molar-refractivity contribution in [3.63, 3.8) is 0 Å². The SMILES string of the molecule is CCN1CCN(c2ccc(C(=O)[NH+]([O-])CCCCCCCCCCCCCCCCCO[N+](=O)[O-])cn2)CC1. The van der Waals surface area contributed by atoms with Gasteiger partial charge in [0, 0.05) is 32.4 Å². The lowest BCUT2D eigenvalue weighted by atomic mass is 10.0. The number of unbranched alkanes of at least 4 members (excludes halogenated alkanes) is 14. The third-order valence-corrected chi connectivity index (χ3v) is 7.65. The largest absolute Gasteiger partial charge is 0.626 e. The van der Waals surface area contributed by atoms with Crippen LogP contribution in [0.15, 0.2) is 18.3 Å². The van der Waals surface area contributed by atoms with Gasteiger partial charge in [-0.25, -0.2) is 9.78 Å². The molecule has 0 saturated carbocycles. The highest BCUT2D eigenvalue weighted by Crippen LogP contribution is 2.15. The maximum absolute atomic E-state index is 12.5. The number of hydrogen-bond acceptors (Lipinski definition) is 8. The van der Waals surface area contributed by atoms with E-state index in [0.717, 1.165) is 77.1 Å². The summed E-state index contributed by atoms with van der Waals surface area (Å²) in [6, 6.07) is 3.61. The van der Waals surface area contributed by atoms with Crippen LogP contribution in [-0.2, 0) is 4.84 Å². The number of quaternary nitrogens is 1. The highest BCUT2D eigenvalue weighted by atomic mass is 16.9. The van der Waals surface area contributed by atoms with Gasteiger partial charge in [-0.1, -0.05) is 84.0 Å². The van der Waals surface area contributed by atoms with Gasteiger partial charge >= 0.3 is 5.91 Å². The van der Waals surface area contributed by atoms with Gasteiger partial charge in [0.15, 0.2) is 0 Å². The maximum Gasteiger partial charge on any atom is 0.345 e. The van der Waals surface area contributed by atoms with E-state index in [1.807, 2.05) is 6.07 Å². The van der Waals surface area contributed by atoms with Crippen molar-refractivity contribution in [2.45, 2.75) is 103 Å². The smallest absolute Gasteiger partial charge is 0.345 e. The molecule has 1 saturated heterocycles. The average molecular weight is 550 g/mol. The highest BCUT2D eigenvalue weighted by Gasteiger charge is 2.19. The molecule has 222 valence electrons. The standard InChI is InChI=1S/C29H51N5O5/c1-2-31-21-23-32(24-22-31)28-19-18-27(26-30-28)29(35)33(36)20-16-14-12-10-8-6-4-3-5-7-9-11-13-15-17-25-39-34(37)38/h18-19,26,33H,2-17,20-25H2,1H3. The molecule has 2 rings (SSSR count). The first kappa shape index (κ1) is 32.9. The van der Waals surface area contributed by atoms with E-state index in [1.54, 1.807) is 12.3 Å². The molecule has 0 bridgehead atoms. The molecule has 1 N–H and O–H groups in total. The molecule has 1 amide bonds. The summed E-state index contributed by atoms with van der Waals surface area (Å²) in [4.78, 5) is 36.0. The minimum absolute atomic E-state index is 0.218. The van der Waals surface area contributed by atoms with Gasteiger partial charge in [0.05, 0.1) is 18.7 Å².